The maximum absolute atomic E-state index is 13.5. The largest absolute Gasteiger partial charge is 0.496 e. The number of hydrogen-bond acceptors (Lipinski definition) is 2. The molecule has 2 rings (SSSR count). The number of rotatable bonds is 2. The summed E-state index contributed by atoms with van der Waals surface area (Å²) in [5.41, 5.74) is 0.726. The van der Waals surface area contributed by atoms with E-state index < -0.39 is 6.17 Å². The SMILES string of the molecule is COc1ccccc1C1(C)CC(F)CCN1.Cl. The van der Waals surface area contributed by atoms with Gasteiger partial charge in [0.2, 0.25) is 0 Å². The number of alkyl halides is 1. The smallest absolute Gasteiger partial charge is 0.123 e. The summed E-state index contributed by atoms with van der Waals surface area (Å²) in [6.07, 6.45) is 0.383. The van der Waals surface area contributed by atoms with E-state index in [1.165, 1.54) is 0 Å². The molecule has 1 fully saturated rings. The van der Waals surface area contributed by atoms with Crippen LogP contribution in [0.3, 0.4) is 0 Å². The van der Waals surface area contributed by atoms with Gasteiger partial charge in [0.25, 0.3) is 0 Å². The first-order valence-corrected chi connectivity index (χ1v) is 5.68. The predicted molar refractivity (Wildman–Crippen MR) is 69.7 cm³/mol. The lowest BCUT2D eigenvalue weighted by molar-refractivity contribution is 0.162. The molecule has 1 heterocycles. The number of para-hydroxylation sites is 1. The van der Waals surface area contributed by atoms with Gasteiger partial charge in [-0.15, -0.1) is 12.4 Å². The topological polar surface area (TPSA) is 21.3 Å². The van der Waals surface area contributed by atoms with Crippen molar-refractivity contribution in [2.24, 2.45) is 0 Å². The molecule has 0 aromatic heterocycles. The van der Waals surface area contributed by atoms with Crippen LogP contribution in [0.2, 0.25) is 0 Å². The van der Waals surface area contributed by atoms with E-state index in [2.05, 4.69) is 5.32 Å². The Hall–Kier alpha value is -0.800. The molecule has 4 heteroatoms. The molecule has 2 unspecified atom stereocenters. The molecule has 0 spiro atoms. The van der Waals surface area contributed by atoms with Crippen molar-refractivity contribution >= 4 is 12.4 Å². The van der Waals surface area contributed by atoms with E-state index in [9.17, 15) is 4.39 Å². The Morgan fingerprint density at radius 2 is 2.12 bits per heavy atom. The number of benzene rings is 1. The van der Waals surface area contributed by atoms with Crippen molar-refractivity contribution in [1.82, 2.24) is 5.32 Å². The molecule has 96 valence electrons. The molecule has 1 aliphatic rings. The molecular formula is C13H19ClFNO. The van der Waals surface area contributed by atoms with E-state index in [-0.39, 0.29) is 17.9 Å². The molecule has 1 aliphatic heterocycles. The summed E-state index contributed by atoms with van der Waals surface area (Å²) in [7, 11) is 1.65. The first-order chi connectivity index (χ1) is 7.65. The van der Waals surface area contributed by atoms with Crippen molar-refractivity contribution in [3.05, 3.63) is 29.8 Å². The lowest BCUT2D eigenvalue weighted by Gasteiger charge is -2.37. The maximum atomic E-state index is 13.5. The van der Waals surface area contributed by atoms with Gasteiger partial charge < -0.3 is 10.1 Å². The van der Waals surface area contributed by atoms with Crippen molar-refractivity contribution in [1.29, 1.82) is 0 Å². The van der Waals surface area contributed by atoms with Gasteiger partial charge in [-0.1, -0.05) is 18.2 Å². The Balaban J connectivity index is 0.00000144. The van der Waals surface area contributed by atoms with Crippen molar-refractivity contribution < 1.29 is 9.13 Å². The molecule has 2 nitrogen and oxygen atoms in total. The molecule has 1 N–H and O–H groups in total. The molecule has 2 atom stereocenters. The van der Waals surface area contributed by atoms with Crippen molar-refractivity contribution in [3.8, 4) is 5.75 Å². The Kier molecular flexibility index (Phi) is 4.78. The van der Waals surface area contributed by atoms with Gasteiger partial charge in [0.1, 0.15) is 11.9 Å². The van der Waals surface area contributed by atoms with Crippen LogP contribution in [0.1, 0.15) is 25.3 Å². The van der Waals surface area contributed by atoms with Crippen LogP contribution in [0.4, 0.5) is 4.39 Å². The highest BCUT2D eigenvalue weighted by Gasteiger charge is 2.35. The van der Waals surface area contributed by atoms with E-state index >= 15 is 0 Å². The summed E-state index contributed by atoms with van der Waals surface area (Å²) in [5, 5.41) is 3.40. The Morgan fingerprint density at radius 1 is 1.41 bits per heavy atom. The molecule has 1 aromatic rings. The van der Waals surface area contributed by atoms with Crippen LogP contribution in [0.25, 0.3) is 0 Å². The summed E-state index contributed by atoms with van der Waals surface area (Å²) in [4.78, 5) is 0. The number of nitrogens with one attached hydrogen (secondary N) is 1. The van der Waals surface area contributed by atoms with Crippen LogP contribution in [-0.2, 0) is 5.54 Å². The fourth-order valence-corrected chi connectivity index (χ4v) is 2.43. The monoisotopic (exact) mass is 259 g/mol. The first kappa shape index (κ1) is 14.3. The highest BCUT2D eigenvalue weighted by atomic mass is 35.5. The van der Waals surface area contributed by atoms with Gasteiger partial charge in [0, 0.05) is 17.5 Å². The van der Waals surface area contributed by atoms with Crippen LogP contribution in [-0.4, -0.2) is 19.8 Å². The zero-order valence-electron chi connectivity index (χ0n) is 10.2. The van der Waals surface area contributed by atoms with Crippen LogP contribution in [0, 0.1) is 0 Å². The van der Waals surface area contributed by atoms with E-state index in [0.717, 1.165) is 17.9 Å². The van der Waals surface area contributed by atoms with E-state index in [1.807, 2.05) is 31.2 Å². The number of halogens is 2. The maximum Gasteiger partial charge on any atom is 0.123 e. The second-order valence-electron chi connectivity index (χ2n) is 4.55. The van der Waals surface area contributed by atoms with Gasteiger partial charge in [-0.25, -0.2) is 4.39 Å². The van der Waals surface area contributed by atoms with Gasteiger partial charge >= 0.3 is 0 Å². The number of methoxy groups -OCH3 is 1. The molecule has 0 aliphatic carbocycles. The van der Waals surface area contributed by atoms with Gasteiger partial charge in [-0.05, 0) is 26.0 Å². The van der Waals surface area contributed by atoms with Gasteiger partial charge in [-0.3, -0.25) is 0 Å². The van der Waals surface area contributed by atoms with Gasteiger partial charge in [-0.2, -0.15) is 0 Å². The van der Waals surface area contributed by atoms with Crippen LogP contribution in [0.15, 0.2) is 24.3 Å². The highest BCUT2D eigenvalue weighted by molar-refractivity contribution is 5.85. The number of hydrogen-bond donors (Lipinski definition) is 1. The second-order valence-corrected chi connectivity index (χ2v) is 4.55. The standard InChI is InChI=1S/C13H18FNO.ClH/c1-13(9-10(14)7-8-15-13)11-5-3-4-6-12(11)16-2;/h3-6,10,15H,7-9H2,1-2H3;1H. The summed E-state index contributed by atoms with van der Waals surface area (Å²) in [6, 6.07) is 7.82. The second kappa shape index (κ2) is 5.69. The molecule has 1 saturated heterocycles. The quantitative estimate of drug-likeness (QED) is 0.882. The lowest BCUT2D eigenvalue weighted by atomic mass is 9.83. The summed E-state index contributed by atoms with van der Waals surface area (Å²) >= 11 is 0. The molecular weight excluding hydrogens is 241 g/mol. The molecule has 0 radical (unpaired) electrons. The van der Waals surface area contributed by atoms with E-state index in [1.54, 1.807) is 7.11 Å². The molecule has 17 heavy (non-hydrogen) atoms. The minimum atomic E-state index is -0.726. The average Bonchev–Trinajstić information content (AvgIpc) is 2.29. The van der Waals surface area contributed by atoms with E-state index in [4.69, 9.17) is 4.74 Å². The Morgan fingerprint density at radius 3 is 2.76 bits per heavy atom. The fraction of sp³-hybridized carbons (Fsp3) is 0.538. The van der Waals surface area contributed by atoms with Crippen molar-refractivity contribution in [2.75, 3.05) is 13.7 Å². The molecule has 0 bridgehead atoms. The van der Waals surface area contributed by atoms with Crippen LogP contribution < -0.4 is 10.1 Å². The first-order valence-electron chi connectivity index (χ1n) is 5.68. The fourth-order valence-electron chi connectivity index (χ4n) is 2.43. The molecule has 0 amide bonds. The predicted octanol–water partition coefficient (Wildman–Crippen LogP) is 3.05. The Bertz CT molecular complexity index is 374. The normalized spacial score (nSPS) is 28.3. The summed E-state index contributed by atoms with van der Waals surface area (Å²) in [6.45, 7) is 2.76. The summed E-state index contributed by atoms with van der Waals surface area (Å²) in [5.74, 6) is 0.826. The zero-order valence-corrected chi connectivity index (χ0v) is 11.0. The number of ether oxygens (including phenoxy) is 1. The average molecular weight is 260 g/mol. The zero-order chi connectivity index (χ0) is 11.6. The van der Waals surface area contributed by atoms with Crippen LogP contribution in [0.5, 0.6) is 5.75 Å². The van der Waals surface area contributed by atoms with Crippen molar-refractivity contribution in [2.45, 2.75) is 31.5 Å². The third-order valence-electron chi connectivity index (χ3n) is 3.30. The third-order valence-corrected chi connectivity index (χ3v) is 3.30. The van der Waals surface area contributed by atoms with E-state index in [0.29, 0.717) is 12.8 Å². The molecule has 0 saturated carbocycles. The third kappa shape index (κ3) is 2.90. The number of piperidine rings is 1. The molecule has 1 aromatic carbocycles. The Labute approximate surface area is 108 Å². The van der Waals surface area contributed by atoms with Gasteiger partial charge in [0.15, 0.2) is 0 Å². The lowest BCUT2D eigenvalue weighted by Crippen LogP contribution is -2.47. The summed E-state index contributed by atoms with van der Waals surface area (Å²) < 4.78 is 18.9. The van der Waals surface area contributed by atoms with Crippen molar-refractivity contribution in [3.63, 3.8) is 0 Å². The van der Waals surface area contributed by atoms with Gasteiger partial charge in [0.05, 0.1) is 7.11 Å². The highest BCUT2D eigenvalue weighted by Crippen LogP contribution is 2.36. The minimum absolute atomic E-state index is 0. The van der Waals surface area contributed by atoms with Crippen LogP contribution >= 0.6 is 12.4 Å². The minimum Gasteiger partial charge on any atom is -0.496 e.